The van der Waals surface area contributed by atoms with E-state index in [1.165, 1.54) is 16.7 Å². The molecule has 19 heavy (non-hydrogen) atoms. The van der Waals surface area contributed by atoms with E-state index in [1.54, 1.807) is 0 Å². The predicted octanol–water partition coefficient (Wildman–Crippen LogP) is 3.63. The fraction of sp³-hybridized carbons (Fsp3) is 0.294. The highest BCUT2D eigenvalue weighted by molar-refractivity contribution is 6.30. The van der Waals surface area contributed by atoms with Gasteiger partial charge in [-0.3, -0.25) is 0 Å². The fourth-order valence-corrected chi connectivity index (χ4v) is 3.41. The minimum absolute atomic E-state index is 0.161. The molecule has 0 fully saturated rings. The average molecular weight is 272 g/mol. The molecule has 0 aromatic heterocycles. The quantitative estimate of drug-likeness (QED) is 0.906. The summed E-state index contributed by atoms with van der Waals surface area (Å²) in [5.74, 6) is 0. The van der Waals surface area contributed by atoms with Gasteiger partial charge in [0.2, 0.25) is 0 Å². The predicted molar refractivity (Wildman–Crippen MR) is 80.5 cm³/mol. The molecule has 0 spiro atoms. The van der Waals surface area contributed by atoms with Crippen LogP contribution in [-0.4, -0.2) is 6.54 Å². The molecule has 0 saturated carbocycles. The molecule has 0 amide bonds. The van der Waals surface area contributed by atoms with E-state index >= 15 is 0 Å². The van der Waals surface area contributed by atoms with Crippen molar-refractivity contribution >= 4 is 11.6 Å². The van der Waals surface area contributed by atoms with Crippen LogP contribution in [0.3, 0.4) is 0 Å². The number of hydrogen-bond donors (Lipinski definition) is 1. The summed E-state index contributed by atoms with van der Waals surface area (Å²) in [6.45, 7) is 0.716. The maximum atomic E-state index is 6.10. The van der Waals surface area contributed by atoms with Crippen LogP contribution in [0.2, 0.25) is 5.02 Å². The summed E-state index contributed by atoms with van der Waals surface area (Å²) in [4.78, 5) is 0. The lowest BCUT2D eigenvalue weighted by atomic mass is 9.79. The Morgan fingerprint density at radius 2 is 1.68 bits per heavy atom. The molecule has 1 nitrogen and oxygen atoms in total. The Labute approximate surface area is 119 Å². The van der Waals surface area contributed by atoms with E-state index in [-0.39, 0.29) is 5.41 Å². The zero-order valence-electron chi connectivity index (χ0n) is 10.9. The molecule has 2 heteroatoms. The van der Waals surface area contributed by atoms with Crippen molar-refractivity contribution in [2.75, 3.05) is 6.54 Å². The van der Waals surface area contributed by atoms with Gasteiger partial charge in [0, 0.05) is 5.02 Å². The summed E-state index contributed by atoms with van der Waals surface area (Å²) < 4.78 is 0. The summed E-state index contributed by atoms with van der Waals surface area (Å²) in [6, 6.07) is 16.8. The van der Waals surface area contributed by atoms with Crippen molar-refractivity contribution in [3.05, 3.63) is 70.2 Å². The summed E-state index contributed by atoms with van der Waals surface area (Å²) in [6.07, 6.45) is 3.15. The van der Waals surface area contributed by atoms with Gasteiger partial charge in [-0.15, -0.1) is 0 Å². The Hall–Kier alpha value is -1.31. The first-order chi connectivity index (χ1) is 9.21. The van der Waals surface area contributed by atoms with Crippen molar-refractivity contribution in [3.63, 3.8) is 0 Å². The molecule has 3 rings (SSSR count). The van der Waals surface area contributed by atoms with Crippen molar-refractivity contribution < 1.29 is 0 Å². The summed E-state index contributed by atoms with van der Waals surface area (Å²) >= 11 is 6.08. The highest BCUT2D eigenvalue weighted by atomic mass is 35.5. The maximum absolute atomic E-state index is 6.10. The van der Waals surface area contributed by atoms with Gasteiger partial charge in [0.05, 0.1) is 0 Å². The highest BCUT2D eigenvalue weighted by Gasteiger charge is 2.35. The number of hydrogen-bond acceptors (Lipinski definition) is 1. The zero-order chi connectivity index (χ0) is 13.3. The third-order valence-corrected chi connectivity index (χ3v) is 4.39. The molecule has 2 aromatic carbocycles. The minimum atomic E-state index is 0.161. The Morgan fingerprint density at radius 3 is 2.26 bits per heavy atom. The van der Waals surface area contributed by atoms with E-state index in [4.69, 9.17) is 17.3 Å². The van der Waals surface area contributed by atoms with Crippen LogP contribution in [0.15, 0.2) is 48.5 Å². The Balaban J connectivity index is 1.87. The largest absolute Gasteiger partial charge is 0.330 e. The summed E-state index contributed by atoms with van der Waals surface area (Å²) in [5, 5.41) is 0.806. The molecule has 0 saturated heterocycles. The molecule has 1 aliphatic rings. The summed E-state index contributed by atoms with van der Waals surface area (Å²) in [5.41, 5.74) is 10.5. The molecule has 0 bridgehead atoms. The smallest absolute Gasteiger partial charge is 0.0408 e. The number of fused-ring (bicyclic) bond motifs is 1. The lowest BCUT2D eigenvalue weighted by Gasteiger charge is -2.27. The van der Waals surface area contributed by atoms with E-state index in [0.29, 0.717) is 6.54 Å². The molecule has 2 aromatic rings. The molecule has 0 aliphatic heterocycles. The third-order valence-electron chi connectivity index (χ3n) is 4.15. The van der Waals surface area contributed by atoms with Gasteiger partial charge in [-0.2, -0.15) is 0 Å². The van der Waals surface area contributed by atoms with Gasteiger partial charge in [0.25, 0.3) is 0 Å². The number of nitrogens with two attached hydrogens (primary N) is 1. The topological polar surface area (TPSA) is 26.0 Å². The van der Waals surface area contributed by atoms with Gasteiger partial charge in [-0.25, -0.2) is 0 Å². The van der Waals surface area contributed by atoms with Crippen LogP contribution in [0.4, 0.5) is 0 Å². The van der Waals surface area contributed by atoms with Gasteiger partial charge in [0.15, 0.2) is 0 Å². The normalized spacial score (nSPS) is 16.3. The van der Waals surface area contributed by atoms with Gasteiger partial charge in [-0.05, 0) is 60.0 Å². The molecule has 0 heterocycles. The van der Waals surface area contributed by atoms with Crippen LogP contribution < -0.4 is 5.73 Å². The molecule has 0 radical (unpaired) electrons. The Morgan fingerprint density at radius 1 is 1.00 bits per heavy atom. The van der Waals surface area contributed by atoms with Crippen molar-refractivity contribution in [1.29, 1.82) is 0 Å². The van der Waals surface area contributed by atoms with Crippen LogP contribution in [0.1, 0.15) is 16.7 Å². The third kappa shape index (κ3) is 2.54. The van der Waals surface area contributed by atoms with Gasteiger partial charge in [-0.1, -0.05) is 48.0 Å². The second kappa shape index (κ2) is 4.99. The minimum Gasteiger partial charge on any atom is -0.330 e. The second-order valence-corrected chi connectivity index (χ2v) is 6.07. The van der Waals surface area contributed by atoms with Crippen molar-refractivity contribution in [2.24, 2.45) is 11.1 Å². The van der Waals surface area contributed by atoms with Gasteiger partial charge in [0.1, 0.15) is 0 Å². The molecule has 0 unspecified atom stereocenters. The number of benzene rings is 2. The SMILES string of the molecule is NCC1(Cc2cccc(Cl)c2)Cc2ccccc2C1. The van der Waals surface area contributed by atoms with Crippen LogP contribution in [0, 0.1) is 5.41 Å². The maximum Gasteiger partial charge on any atom is 0.0408 e. The summed E-state index contributed by atoms with van der Waals surface area (Å²) in [7, 11) is 0. The molecule has 98 valence electrons. The standard InChI is InChI=1S/C17H18ClN/c18-16-7-3-4-13(8-16)9-17(12-19)10-14-5-1-2-6-15(14)11-17/h1-8H,9-12,19H2. The highest BCUT2D eigenvalue weighted by Crippen LogP contribution is 2.39. The second-order valence-electron chi connectivity index (χ2n) is 5.63. The van der Waals surface area contributed by atoms with E-state index in [0.717, 1.165) is 24.3 Å². The van der Waals surface area contributed by atoms with E-state index in [1.807, 2.05) is 12.1 Å². The van der Waals surface area contributed by atoms with E-state index < -0.39 is 0 Å². The first kappa shape index (κ1) is 12.7. The van der Waals surface area contributed by atoms with Gasteiger partial charge >= 0.3 is 0 Å². The fourth-order valence-electron chi connectivity index (χ4n) is 3.19. The van der Waals surface area contributed by atoms with Gasteiger partial charge < -0.3 is 5.73 Å². The van der Waals surface area contributed by atoms with Crippen molar-refractivity contribution in [2.45, 2.75) is 19.3 Å². The molecular weight excluding hydrogens is 254 g/mol. The van der Waals surface area contributed by atoms with Crippen molar-refractivity contribution in [1.82, 2.24) is 0 Å². The first-order valence-corrected chi connectivity index (χ1v) is 7.10. The Bertz CT molecular complexity index is 566. The molecule has 0 atom stereocenters. The van der Waals surface area contributed by atoms with Crippen LogP contribution in [0.25, 0.3) is 0 Å². The average Bonchev–Trinajstić information content (AvgIpc) is 2.77. The number of rotatable bonds is 3. The van der Waals surface area contributed by atoms with Crippen molar-refractivity contribution in [3.8, 4) is 0 Å². The van der Waals surface area contributed by atoms with Crippen LogP contribution >= 0.6 is 11.6 Å². The monoisotopic (exact) mass is 271 g/mol. The molecule has 1 aliphatic carbocycles. The lowest BCUT2D eigenvalue weighted by molar-refractivity contribution is 0.315. The van der Waals surface area contributed by atoms with Crippen LogP contribution in [0.5, 0.6) is 0 Å². The molecule has 2 N–H and O–H groups in total. The first-order valence-electron chi connectivity index (χ1n) is 6.72. The lowest BCUT2D eigenvalue weighted by Crippen LogP contribution is -2.33. The van der Waals surface area contributed by atoms with Crippen LogP contribution in [-0.2, 0) is 19.3 Å². The Kier molecular flexibility index (Phi) is 3.34. The zero-order valence-corrected chi connectivity index (χ0v) is 11.7. The number of halogens is 1. The van der Waals surface area contributed by atoms with E-state index in [2.05, 4.69) is 36.4 Å². The van der Waals surface area contributed by atoms with E-state index in [9.17, 15) is 0 Å². The molecular formula is C17H18ClN.